The third-order valence-corrected chi connectivity index (χ3v) is 4.02. The highest BCUT2D eigenvalue weighted by Gasteiger charge is 2.29. The number of nitrogens with two attached hydrogens (primary N) is 1. The maximum Gasteiger partial charge on any atom is 0.0341 e. The van der Waals surface area contributed by atoms with Crippen molar-refractivity contribution in [2.45, 2.75) is 45.1 Å². The minimum absolute atomic E-state index is 0.180. The summed E-state index contributed by atoms with van der Waals surface area (Å²) < 4.78 is 0. The number of pyridine rings is 1. The Labute approximate surface area is 98.3 Å². The summed E-state index contributed by atoms with van der Waals surface area (Å²) in [6.07, 6.45) is 10.4. The summed E-state index contributed by atoms with van der Waals surface area (Å²) >= 11 is 0. The van der Waals surface area contributed by atoms with Gasteiger partial charge in [-0.3, -0.25) is 4.98 Å². The lowest BCUT2D eigenvalue weighted by Gasteiger charge is -2.35. The Kier molecular flexibility index (Phi) is 3.94. The Morgan fingerprint density at radius 3 is 2.94 bits per heavy atom. The molecule has 2 heteroatoms. The Balaban J connectivity index is 2.10. The van der Waals surface area contributed by atoms with Gasteiger partial charge in [-0.1, -0.05) is 38.7 Å². The van der Waals surface area contributed by atoms with Crippen molar-refractivity contribution in [2.24, 2.45) is 17.6 Å². The second-order valence-electron chi connectivity index (χ2n) is 4.93. The summed E-state index contributed by atoms with van der Waals surface area (Å²) in [5, 5.41) is 0. The average Bonchev–Trinajstić information content (AvgIpc) is 2.39. The lowest BCUT2D eigenvalue weighted by molar-refractivity contribution is 0.196. The largest absolute Gasteiger partial charge is 0.324 e. The molecule has 2 N–H and O–H groups in total. The van der Waals surface area contributed by atoms with E-state index < -0.39 is 0 Å². The van der Waals surface area contributed by atoms with Crippen molar-refractivity contribution in [2.75, 3.05) is 0 Å². The lowest BCUT2D eigenvalue weighted by Crippen LogP contribution is -2.30. The van der Waals surface area contributed by atoms with Gasteiger partial charge in [0.1, 0.15) is 0 Å². The van der Waals surface area contributed by atoms with Gasteiger partial charge in [0.05, 0.1) is 0 Å². The molecule has 1 fully saturated rings. The fourth-order valence-corrected chi connectivity index (χ4v) is 3.04. The SMILES string of the molecule is CCC1CCCCC1C(N)c1cccnc1. The molecular weight excluding hydrogens is 196 g/mol. The van der Waals surface area contributed by atoms with Crippen LogP contribution < -0.4 is 5.73 Å². The quantitative estimate of drug-likeness (QED) is 0.845. The molecule has 2 rings (SSSR count). The summed E-state index contributed by atoms with van der Waals surface area (Å²) in [7, 11) is 0. The maximum absolute atomic E-state index is 6.40. The second kappa shape index (κ2) is 5.44. The number of aromatic nitrogens is 1. The first-order chi connectivity index (χ1) is 7.83. The summed E-state index contributed by atoms with van der Waals surface area (Å²) in [5.41, 5.74) is 7.60. The van der Waals surface area contributed by atoms with Crippen molar-refractivity contribution < 1.29 is 0 Å². The Morgan fingerprint density at radius 2 is 2.25 bits per heavy atom. The van der Waals surface area contributed by atoms with E-state index in [0.29, 0.717) is 5.92 Å². The normalized spacial score (nSPS) is 27.6. The van der Waals surface area contributed by atoms with E-state index in [1.807, 2.05) is 18.5 Å². The third kappa shape index (κ3) is 2.43. The summed E-state index contributed by atoms with van der Waals surface area (Å²) in [4.78, 5) is 4.17. The molecule has 1 aromatic rings. The molecule has 0 bridgehead atoms. The first-order valence-electron chi connectivity index (χ1n) is 6.48. The van der Waals surface area contributed by atoms with Crippen molar-refractivity contribution in [3.05, 3.63) is 30.1 Å². The van der Waals surface area contributed by atoms with E-state index in [1.54, 1.807) is 0 Å². The zero-order valence-corrected chi connectivity index (χ0v) is 10.1. The minimum Gasteiger partial charge on any atom is -0.324 e. The van der Waals surface area contributed by atoms with Gasteiger partial charge in [0, 0.05) is 18.4 Å². The molecule has 0 spiro atoms. The van der Waals surface area contributed by atoms with Crippen LogP contribution in [-0.4, -0.2) is 4.98 Å². The minimum atomic E-state index is 0.180. The van der Waals surface area contributed by atoms with Crippen molar-refractivity contribution in [3.63, 3.8) is 0 Å². The van der Waals surface area contributed by atoms with E-state index >= 15 is 0 Å². The third-order valence-electron chi connectivity index (χ3n) is 4.02. The molecule has 1 aliphatic carbocycles. The van der Waals surface area contributed by atoms with Crippen LogP contribution in [0.1, 0.15) is 50.6 Å². The zero-order chi connectivity index (χ0) is 11.4. The molecule has 1 saturated carbocycles. The summed E-state index contributed by atoms with van der Waals surface area (Å²) in [6.45, 7) is 2.29. The van der Waals surface area contributed by atoms with Gasteiger partial charge in [-0.05, 0) is 29.9 Å². The van der Waals surface area contributed by atoms with Crippen LogP contribution in [0.2, 0.25) is 0 Å². The highest BCUT2D eigenvalue weighted by Crippen LogP contribution is 2.38. The van der Waals surface area contributed by atoms with Gasteiger partial charge in [0.2, 0.25) is 0 Å². The zero-order valence-electron chi connectivity index (χ0n) is 10.1. The van der Waals surface area contributed by atoms with Gasteiger partial charge >= 0.3 is 0 Å². The number of rotatable bonds is 3. The van der Waals surface area contributed by atoms with Gasteiger partial charge in [0.15, 0.2) is 0 Å². The molecule has 1 aliphatic rings. The predicted molar refractivity (Wildman–Crippen MR) is 66.9 cm³/mol. The second-order valence-corrected chi connectivity index (χ2v) is 4.93. The van der Waals surface area contributed by atoms with E-state index in [9.17, 15) is 0 Å². The van der Waals surface area contributed by atoms with Gasteiger partial charge in [0.25, 0.3) is 0 Å². The molecule has 1 heterocycles. The molecule has 3 atom stereocenters. The monoisotopic (exact) mass is 218 g/mol. The van der Waals surface area contributed by atoms with Crippen molar-refractivity contribution in [3.8, 4) is 0 Å². The van der Waals surface area contributed by atoms with Crippen LogP contribution in [0.3, 0.4) is 0 Å². The van der Waals surface area contributed by atoms with E-state index in [0.717, 1.165) is 5.92 Å². The predicted octanol–water partition coefficient (Wildman–Crippen LogP) is 3.30. The van der Waals surface area contributed by atoms with Crippen LogP contribution in [0.15, 0.2) is 24.5 Å². The Bertz CT molecular complexity index is 310. The smallest absolute Gasteiger partial charge is 0.0341 e. The topological polar surface area (TPSA) is 38.9 Å². The highest BCUT2D eigenvalue weighted by atomic mass is 14.7. The molecule has 0 saturated heterocycles. The van der Waals surface area contributed by atoms with Crippen molar-refractivity contribution >= 4 is 0 Å². The number of hydrogen-bond acceptors (Lipinski definition) is 2. The van der Waals surface area contributed by atoms with E-state index in [4.69, 9.17) is 5.73 Å². The molecule has 0 amide bonds. The van der Waals surface area contributed by atoms with Crippen LogP contribution in [0.5, 0.6) is 0 Å². The average molecular weight is 218 g/mol. The van der Waals surface area contributed by atoms with Gasteiger partial charge < -0.3 is 5.73 Å². The highest BCUT2D eigenvalue weighted by molar-refractivity contribution is 5.14. The fraction of sp³-hybridized carbons (Fsp3) is 0.643. The van der Waals surface area contributed by atoms with Gasteiger partial charge in [-0.2, -0.15) is 0 Å². The first kappa shape index (κ1) is 11.6. The van der Waals surface area contributed by atoms with Crippen LogP contribution in [0, 0.1) is 11.8 Å². The van der Waals surface area contributed by atoms with E-state index in [-0.39, 0.29) is 6.04 Å². The molecule has 0 aliphatic heterocycles. The number of nitrogens with zero attached hydrogens (tertiary/aromatic N) is 1. The molecule has 2 nitrogen and oxygen atoms in total. The Morgan fingerprint density at radius 1 is 1.44 bits per heavy atom. The van der Waals surface area contributed by atoms with Crippen molar-refractivity contribution in [1.29, 1.82) is 0 Å². The molecule has 16 heavy (non-hydrogen) atoms. The Hall–Kier alpha value is -0.890. The fourth-order valence-electron chi connectivity index (χ4n) is 3.04. The maximum atomic E-state index is 6.40. The summed E-state index contributed by atoms with van der Waals surface area (Å²) in [6, 6.07) is 4.27. The molecule has 88 valence electrons. The lowest BCUT2D eigenvalue weighted by atomic mass is 9.73. The molecular formula is C14H22N2. The standard InChI is InChI=1S/C14H22N2/c1-2-11-6-3-4-8-13(11)14(15)12-7-5-9-16-10-12/h5,7,9-11,13-14H,2-4,6,8,15H2,1H3. The van der Waals surface area contributed by atoms with E-state index in [2.05, 4.69) is 18.0 Å². The number of hydrogen-bond donors (Lipinski definition) is 1. The van der Waals surface area contributed by atoms with Gasteiger partial charge in [-0.25, -0.2) is 0 Å². The first-order valence-corrected chi connectivity index (χ1v) is 6.48. The van der Waals surface area contributed by atoms with Crippen LogP contribution in [0.4, 0.5) is 0 Å². The van der Waals surface area contributed by atoms with E-state index in [1.165, 1.54) is 37.7 Å². The van der Waals surface area contributed by atoms with Gasteiger partial charge in [-0.15, -0.1) is 0 Å². The van der Waals surface area contributed by atoms with Crippen LogP contribution in [0.25, 0.3) is 0 Å². The molecule has 3 unspecified atom stereocenters. The van der Waals surface area contributed by atoms with Crippen molar-refractivity contribution in [1.82, 2.24) is 4.98 Å². The molecule has 1 aromatic heterocycles. The molecule has 0 radical (unpaired) electrons. The van der Waals surface area contributed by atoms with Crippen LogP contribution in [-0.2, 0) is 0 Å². The van der Waals surface area contributed by atoms with Crippen LogP contribution >= 0.6 is 0 Å². The summed E-state index contributed by atoms with van der Waals surface area (Å²) in [5.74, 6) is 1.46. The molecule has 0 aromatic carbocycles.